The van der Waals surface area contributed by atoms with Crippen molar-refractivity contribution < 1.29 is 29.7 Å². The van der Waals surface area contributed by atoms with Crippen molar-refractivity contribution in [1.29, 1.82) is 0 Å². The average molecular weight is 248 g/mol. The number of nitrogens with zero attached hydrogens (tertiary/aromatic N) is 1. The van der Waals surface area contributed by atoms with Crippen LogP contribution >= 0.6 is 11.6 Å². The molecule has 3 N–H and O–H groups in total. The van der Waals surface area contributed by atoms with Crippen LogP contribution in [-0.4, -0.2) is 37.7 Å². The second kappa shape index (κ2) is 6.36. The van der Waals surface area contributed by atoms with Crippen molar-refractivity contribution in [2.75, 3.05) is 0 Å². The van der Waals surface area contributed by atoms with E-state index in [1.807, 2.05) is 0 Å². The average Bonchev–Trinajstić information content (AvgIpc) is 2.16. The van der Waals surface area contributed by atoms with Gasteiger partial charge in [-0.25, -0.2) is 19.4 Å². The Morgan fingerprint density at radius 1 is 1.12 bits per heavy atom. The third-order valence-corrected chi connectivity index (χ3v) is 1.24. The highest BCUT2D eigenvalue weighted by Crippen LogP contribution is 2.04. The highest BCUT2D eigenvalue weighted by molar-refractivity contribution is 6.60. The molecule has 0 aromatic carbocycles. The first-order chi connectivity index (χ1) is 7.36. The number of hydrogen-bond donors (Lipinski definition) is 3. The molecule has 0 amide bonds. The minimum atomic E-state index is -1.36. The highest BCUT2D eigenvalue weighted by Gasteiger charge is 2.15. The summed E-state index contributed by atoms with van der Waals surface area (Å²) < 4.78 is 0. The molecule has 1 rings (SSSR count). The predicted octanol–water partition coefficient (Wildman–Crippen LogP) is 1.38. The zero-order valence-electron chi connectivity index (χ0n) is 7.62. The van der Waals surface area contributed by atoms with Crippen molar-refractivity contribution >= 4 is 29.0 Å². The monoisotopic (exact) mass is 247 g/mol. The maximum Gasteiger partial charge on any atom is 0.401 e. The number of rotatable bonds is 2. The molecule has 7 nitrogen and oxygen atoms in total. The zero-order valence-corrected chi connectivity index (χ0v) is 8.38. The molecular weight excluding hydrogens is 242 g/mol. The van der Waals surface area contributed by atoms with E-state index >= 15 is 0 Å². The summed E-state index contributed by atoms with van der Waals surface area (Å²) >= 11 is 4.19. The molecule has 0 bridgehead atoms. The quantitative estimate of drug-likeness (QED) is 0.674. The molecule has 86 valence electrons. The Labute approximate surface area is 93.9 Å². The van der Waals surface area contributed by atoms with Gasteiger partial charge in [-0.2, -0.15) is 0 Å². The van der Waals surface area contributed by atoms with E-state index in [-0.39, 0.29) is 5.56 Å². The molecule has 0 aliphatic carbocycles. The van der Waals surface area contributed by atoms with Gasteiger partial charge in [0.2, 0.25) is 0 Å². The van der Waals surface area contributed by atoms with Crippen LogP contribution in [0.2, 0.25) is 0 Å². The van der Waals surface area contributed by atoms with Gasteiger partial charge in [-0.15, -0.1) is 0 Å². The fourth-order valence-electron chi connectivity index (χ4n) is 0.748. The van der Waals surface area contributed by atoms with Crippen LogP contribution in [0.3, 0.4) is 0 Å². The van der Waals surface area contributed by atoms with E-state index in [0.29, 0.717) is 0 Å². The number of carboxylic acid groups (broad SMARTS) is 3. The molecule has 0 aliphatic heterocycles. The normalized spacial score (nSPS) is 8.56. The molecule has 16 heavy (non-hydrogen) atoms. The lowest BCUT2D eigenvalue weighted by Gasteiger charge is -1.97. The van der Waals surface area contributed by atoms with Crippen molar-refractivity contribution in [3.63, 3.8) is 0 Å². The number of aromatic carboxylic acids is 2. The van der Waals surface area contributed by atoms with Crippen LogP contribution in [0.15, 0.2) is 18.3 Å². The topological polar surface area (TPSA) is 125 Å². The Balaban J connectivity index is 0.000000487. The Kier molecular flexibility index (Phi) is 5.50. The van der Waals surface area contributed by atoms with E-state index in [1.165, 1.54) is 18.3 Å². The van der Waals surface area contributed by atoms with Crippen LogP contribution in [0.1, 0.15) is 20.8 Å². The van der Waals surface area contributed by atoms with Crippen molar-refractivity contribution in [3.8, 4) is 0 Å². The van der Waals surface area contributed by atoms with Gasteiger partial charge in [0.05, 0.1) is 5.56 Å². The number of aromatic nitrogens is 1. The van der Waals surface area contributed by atoms with Gasteiger partial charge in [-0.1, -0.05) is 0 Å². The summed E-state index contributed by atoms with van der Waals surface area (Å²) in [5, 5.41) is 24.2. The Morgan fingerprint density at radius 3 is 1.94 bits per heavy atom. The summed E-state index contributed by atoms with van der Waals surface area (Å²) in [6.45, 7) is 0. The molecule has 0 aliphatic rings. The Hall–Kier alpha value is -2.15. The summed E-state index contributed by atoms with van der Waals surface area (Å²) in [4.78, 5) is 33.0. The number of hydrogen-bond acceptors (Lipinski definition) is 4. The first-order valence-corrected chi connectivity index (χ1v) is 4.04. The summed E-state index contributed by atoms with van der Waals surface area (Å²) in [5.41, 5.74) is -2.10. The van der Waals surface area contributed by atoms with Gasteiger partial charge in [-0.3, -0.25) is 0 Å². The molecule has 0 unspecified atom stereocenters. The maximum absolute atomic E-state index is 10.4. The third-order valence-electron chi connectivity index (χ3n) is 1.24. The fraction of sp³-hybridized carbons (Fsp3) is 0. The predicted molar refractivity (Wildman–Crippen MR) is 52.0 cm³/mol. The smallest absolute Gasteiger partial charge is 0.401 e. The van der Waals surface area contributed by atoms with E-state index < -0.39 is 23.1 Å². The molecular formula is C8H6ClNO6. The number of pyridine rings is 1. The second-order valence-corrected chi connectivity index (χ2v) is 2.59. The fourth-order valence-corrected chi connectivity index (χ4v) is 0.748. The number of carbonyl (C=O) groups is 3. The van der Waals surface area contributed by atoms with E-state index in [9.17, 15) is 9.59 Å². The van der Waals surface area contributed by atoms with Gasteiger partial charge in [-0.05, 0) is 12.1 Å². The lowest BCUT2D eigenvalue weighted by atomic mass is 10.2. The van der Waals surface area contributed by atoms with Gasteiger partial charge in [0.25, 0.3) is 0 Å². The van der Waals surface area contributed by atoms with E-state index in [1.54, 1.807) is 0 Å². The lowest BCUT2D eigenvalue weighted by Crippen LogP contribution is -2.09. The van der Waals surface area contributed by atoms with Crippen LogP contribution < -0.4 is 0 Å². The van der Waals surface area contributed by atoms with Gasteiger partial charge in [0, 0.05) is 17.8 Å². The van der Waals surface area contributed by atoms with Crippen LogP contribution in [0.5, 0.6) is 0 Å². The standard InChI is InChI=1S/C7H5NO4.CHClO2/c9-6(10)4-2-1-3-8-5(4)7(11)12;2-1(3)4/h1-3H,(H,9,10)(H,11,12);(H,3,4). The minimum Gasteiger partial charge on any atom is -0.478 e. The zero-order chi connectivity index (χ0) is 12.7. The molecule has 0 atom stereocenters. The highest BCUT2D eigenvalue weighted by atomic mass is 35.5. The third kappa shape index (κ3) is 4.91. The van der Waals surface area contributed by atoms with E-state index in [2.05, 4.69) is 16.6 Å². The van der Waals surface area contributed by atoms with Crippen molar-refractivity contribution in [3.05, 3.63) is 29.6 Å². The Morgan fingerprint density at radius 2 is 1.62 bits per heavy atom. The lowest BCUT2D eigenvalue weighted by molar-refractivity contribution is 0.0646. The van der Waals surface area contributed by atoms with Crippen molar-refractivity contribution in [1.82, 2.24) is 4.98 Å². The molecule has 0 spiro atoms. The SMILES string of the molecule is O=C(O)Cl.O=C(O)c1cccnc1C(=O)O. The molecule has 0 radical (unpaired) electrons. The summed E-state index contributed by atoms with van der Waals surface area (Å²) in [6.07, 6.45) is 1.23. The van der Waals surface area contributed by atoms with Crippen molar-refractivity contribution in [2.45, 2.75) is 0 Å². The van der Waals surface area contributed by atoms with Gasteiger partial charge in [0.1, 0.15) is 0 Å². The van der Waals surface area contributed by atoms with E-state index in [4.69, 9.17) is 20.1 Å². The summed E-state index contributed by atoms with van der Waals surface area (Å²) in [6, 6.07) is 2.56. The van der Waals surface area contributed by atoms with Gasteiger partial charge < -0.3 is 15.3 Å². The molecule has 8 heteroatoms. The van der Waals surface area contributed by atoms with Crippen LogP contribution in [0, 0.1) is 0 Å². The summed E-state index contributed by atoms with van der Waals surface area (Å²) in [5.74, 6) is -2.63. The molecule has 0 saturated heterocycles. The molecule has 1 aromatic rings. The second-order valence-electron chi connectivity index (χ2n) is 2.26. The van der Waals surface area contributed by atoms with Crippen LogP contribution in [-0.2, 0) is 0 Å². The summed E-state index contributed by atoms with van der Waals surface area (Å²) in [7, 11) is 0. The van der Waals surface area contributed by atoms with Gasteiger partial charge >= 0.3 is 17.4 Å². The Bertz CT molecular complexity index is 382. The first-order valence-electron chi connectivity index (χ1n) is 3.66. The minimum absolute atomic E-state index is 0.301. The molecule has 1 aromatic heterocycles. The number of carboxylic acids is 2. The first kappa shape index (κ1) is 13.8. The largest absolute Gasteiger partial charge is 0.478 e. The molecule has 0 fully saturated rings. The maximum atomic E-state index is 10.4. The van der Waals surface area contributed by atoms with E-state index in [0.717, 1.165) is 0 Å². The van der Waals surface area contributed by atoms with Crippen LogP contribution in [0.25, 0.3) is 0 Å². The van der Waals surface area contributed by atoms with Crippen molar-refractivity contribution in [2.24, 2.45) is 0 Å². The number of halogens is 1. The molecule has 1 heterocycles. The molecule has 0 saturated carbocycles. The van der Waals surface area contributed by atoms with Gasteiger partial charge in [0.15, 0.2) is 5.69 Å². The van der Waals surface area contributed by atoms with Crippen LogP contribution in [0.4, 0.5) is 4.79 Å².